The monoisotopic (exact) mass is 470 g/mol. The zero-order chi connectivity index (χ0) is 23.5. The number of carbonyl (C=O) groups is 1. The van der Waals surface area contributed by atoms with Crippen molar-refractivity contribution in [1.82, 2.24) is 9.62 Å². The van der Waals surface area contributed by atoms with Crippen LogP contribution in [-0.2, 0) is 22.7 Å². The van der Waals surface area contributed by atoms with Crippen LogP contribution in [-0.4, -0.2) is 39.4 Å². The van der Waals surface area contributed by atoms with Gasteiger partial charge in [-0.25, -0.2) is 13.1 Å². The molecule has 0 radical (unpaired) electrons. The molecule has 6 nitrogen and oxygen atoms in total. The number of nitrogens with one attached hydrogen (secondary N) is 1. The molecule has 0 saturated heterocycles. The van der Waals surface area contributed by atoms with Gasteiger partial charge < -0.3 is 9.64 Å². The summed E-state index contributed by atoms with van der Waals surface area (Å²) < 4.78 is 71.9. The van der Waals surface area contributed by atoms with Gasteiger partial charge in [0.05, 0.1) is 12.7 Å². The van der Waals surface area contributed by atoms with Crippen LogP contribution in [0.15, 0.2) is 47.4 Å². The summed E-state index contributed by atoms with van der Waals surface area (Å²) in [6.45, 7) is 0.0609. The molecule has 174 valence electrons. The van der Waals surface area contributed by atoms with Crippen molar-refractivity contribution in [1.29, 1.82) is 0 Å². The van der Waals surface area contributed by atoms with Gasteiger partial charge in [0.25, 0.3) is 5.91 Å². The zero-order valence-electron chi connectivity index (χ0n) is 17.8. The molecule has 0 aromatic heterocycles. The van der Waals surface area contributed by atoms with E-state index >= 15 is 0 Å². The summed E-state index contributed by atoms with van der Waals surface area (Å²) in [5.41, 5.74) is -0.125. The van der Waals surface area contributed by atoms with Crippen molar-refractivity contribution in [2.75, 3.05) is 14.2 Å². The van der Waals surface area contributed by atoms with E-state index in [0.717, 1.165) is 37.8 Å². The average Bonchev–Trinajstić information content (AvgIpc) is 3.24. The number of alkyl halides is 3. The highest BCUT2D eigenvalue weighted by atomic mass is 32.2. The van der Waals surface area contributed by atoms with Gasteiger partial charge in [0, 0.05) is 25.2 Å². The van der Waals surface area contributed by atoms with Crippen LogP contribution in [0.4, 0.5) is 13.2 Å². The highest BCUT2D eigenvalue weighted by molar-refractivity contribution is 7.89. The van der Waals surface area contributed by atoms with Gasteiger partial charge in [0.15, 0.2) is 0 Å². The number of rotatable bonds is 7. The Hall–Kier alpha value is -2.59. The van der Waals surface area contributed by atoms with Crippen molar-refractivity contribution in [2.24, 2.45) is 0 Å². The average molecular weight is 471 g/mol. The molecule has 1 aliphatic carbocycles. The van der Waals surface area contributed by atoms with E-state index in [-0.39, 0.29) is 28.8 Å². The minimum absolute atomic E-state index is 0.0609. The molecule has 10 heteroatoms. The van der Waals surface area contributed by atoms with Gasteiger partial charge in [0.2, 0.25) is 10.0 Å². The predicted octanol–water partition coefficient (Wildman–Crippen LogP) is 4.21. The second-order valence-corrected chi connectivity index (χ2v) is 9.51. The molecule has 1 aliphatic rings. The molecular weight excluding hydrogens is 445 g/mol. The summed E-state index contributed by atoms with van der Waals surface area (Å²) in [5.74, 6) is -0.345. The Bertz CT molecular complexity index is 1060. The minimum Gasteiger partial charge on any atom is -0.495 e. The molecule has 0 heterocycles. The first-order valence-electron chi connectivity index (χ1n) is 10.1. The molecule has 0 spiro atoms. The van der Waals surface area contributed by atoms with Gasteiger partial charge in [-0.1, -0.05) is 25.0 Å². The maximum Gasteiger partial charge on any atom is 0.416 e. The van der Waals surface area contributed by atoms with Crippen molar-refractivity contribution in [2.45, 2.75) is 49.3 Å². The number of sulfonamides is 1. The second-order valence-electron chi connectivity index (χ2n) is 7.82. The molecular formula is C22H25F3N2O4S. The molecule has 0 unspecified atom stereocenters. The lowest BCUT2D eigenvalue weighted by Gasteiger charge is -2.19. The van der Waals surface area contributed by atoms with E-state index in [4.69, 9.17) is 4.74 Å². The lowest BCUT2D eigenvalue weighted by molar-refractivity contribution is -0.137. The normalized spacial score (nSPS) is 15.0. The number of carbonyl (C=O) groups excluding carboxylic acids is 1. The van der Waals surface area contributed by atoms with Crippen molar-refractivity contribution < 1.29 is 31.1 Å². The summed E-state index contributed by atoms with van der Waals surface area (Å²) in [7, 11) is -1.05. The number of halogens is 3. The van der Waals surface area contributed by atoms with Crippen molar-refractivity contribution >= 4 is 15.9 Å². The van der Waals surface area contributed by atoms with Crippen LogP contribution in [0.3, 0.4) is 0 Å². The largest absolute Gasteiger partial charge is 0.495 e. The molecule has 0 bridgehead atoms. The predicted molar refractivity (Wildman–Crippen MR) is 113 cm³/mol. The third-order valence-corrected chi connectivity index (χ3v) is 6.97. The fourth-order valence-corrected chi connectivity index (χ4v) is 5.21. The maximum atomic E-state index is 12.9. The number of benzene rings is 2. The van der Waals surface area contributed by atoms with E-state index in [2.05, 4.69) is 4.72 Å². The number of hydrogen-bond acceptors (Lipinski definition) is 4. The molecule has 0 atom stereocenters. The highest BCUT2D eigenvalue weighted by Crippen LogP contribution is 2.30. The minimum atomic E-state index is -4.43. The lowest BCUT2D eigenvalue weighted by Crippen LogP contribution is -2.33. The SMILES string of the molecule is COc1ccc(C(=O)N(C)Cc2ccc(C(F)(F)F)cc2)cc1S(=O)(=O)NC1CCCC1. The van der Waals surface area contributed by atoms with E-state index in [1.165, 1.54) is 49.4 Å². The van der Waals surface area contributed by atoms with Gasteiger partial charge in [-0.05, 0) is 48.7 Å². The third-order valence-electron chi connectivity index (χ3n) is 5.42. The van der Waals surface area contributed by atoms with Crippen LogP contribution in [0.5, 0.6) is 5.75 Å². The summed E-state index contributed by atoms with van der Waals surface area (Å²) in [6, 6.07) is 8.53. The molecule has 2 aromatic rings. The van der Waals surface area contributed by atoms with Crippen LogP contribution in [0, 0.1) is 0 Å². The number of amides is 1. The Balaban J connectivity index is 1.79. The summed E-state index contributed by atoms with van der Waals surface area (Å²) in [4.78, 5) is 14.1. The van der Waals surface area contributed by atoms with E-state index in [9.17, 15) is 26.4 Å². The molecule has 1 saturated carbocycles. The van der Waals surface area contributed by atoms with Crippen LogP contribution in [0.1, 0.15) is 47.2 Å². The van der Waals surface area contributed by atoms with Crippen LogP contribution >= 0.6 is 0 Å². The molecule has 0 aliphatic heterocycles. The van der Waals surface area contributed by atoms with Gasteiger partial charge in [-0.15, -0.1) is 0 Å². The topological polar surface area (TPSA) is 75.7 Å². The summed E-state index contributed by atoms with van der Waals surface area (Å²) in [6.07, 6.45) is -1.00. The van der Waals surface area contributed by atoms with Crippen LogP contribution in [0.25, 0.3) is 0 Å². The fourth-order valence-electron chi connectivity index (χ4n) is 3.71. The fraction of sp³-hybridized carbons (Fsp3) is 0.409. The first-order chi connectivity index (χ1) is 15.0. The summed E-state index contributed by atoms with van der Waals surface area (Å²) >= 11 is 0. The van der Waals surface area contributed by atoms with E-state index < -0.39 is 27.7 Å². The van der Waals surface area contributed by atoms with Crippen molar-refractivity contribution in [3.8, 4) is 5.75 Å². The van der Waals surface area contributed by atoms with Gasteiger partial charge >= 0.3 is 6.18 Å². The van der Waals surface area contributed by atoms with Gasteiger partial charge in [-0.3, -0.25) is 4.79 Å². The van der Waals surface area contributed by atoms with E-state index in [0.29, 0.717) is 5.56 Å². The highest BCUT2D eigenvalue weighted by Gasteiger charge is 2.30. The molecule has 32 heavy (non-hydrogen) atoms. The standard InChI is InChI=1S/C22H25F3N2O4S/c1-27(14-15-7-10-17(11-8-15)22(23,24)25)21(28)16-9-12-19(31-2)20(13-16)32(29,30)26-18-5-3-4-6-18/h7-13,18,26H,3-6,14H2,1-2H3. The zero-order valence-corrected chi connectivity index (χ0v) is 18.6. The summed E-state index contributed by atoms with van der Waals surface area (Å²) in [5, 5.41) is 0. The first-order valence-corrected chi connectivity index (χ1v) is 11.6. The van der Waals surface area contributed by atoms with Crippen LogP contribution in [0.2, 0.25) is 0 Å². The lowest BCUT2D eigenvalue weighted by atomic mass is 10.1. The van der Waals surface area contributed by atoms with E-state index in [1.54, 1.807) is 0 Å². The Morgan fingerprint density at radius 2 is 1.75 bits per heavy atom. The Morgan fingerprint density at radius 1 is 1.12 bits per heavy atom. The molecule has 1 amide bonds. The molecule has 3 rings (SSSR count). The molecule has 1 N–H and O–H groups in total. The van der Waals surface area contributed by atoms with Crippen molar-refractivity contribution in [3.05, 3.63) is 59.2 Å². The quantitative estimate of drug-likeness (QED) is 0.658. The smallest absolute Gasteiger partial charge is 0.416 e. The number of ether oxygens (including phenoxy) is 1. The first kappa shape index (κ1) is 24.1. The molecule has 2 aromatic carbocycles. The number of methoxy groups -OCH3 is 1. The Labute approximate surface area is 185 Å². The third kappa shape index (κ3) is 5.60. The Morgan fingerprint density at radius 3 is 2.31 bits per heavy atom. The number of nitrogens with zero attached hydrogens (tertiary/aromatic N) is 1. The number of hydrogen-bond donors (Lipinski definition) is 1. The second kappa shape index (κ2) is 9.50. The van der Waals surface area contributed by atoms with Crippen LogP contribution < -0.4 is 9.46 Å². The Kier molecular flexibility index (Phi) is 7.14. The van der Waals surface area contributed by atoms with Crippen molar-refractivity contribution in [3.63, 3.8) is 0 Å². The van der Waals surface area contributed by atoms with E-state index in [1.807, 2.05) is 0 Å². The molecule has 1 fully saturated rings. The van der Waals surface area contributed by atoms with Gasteiger partial charge in [-0.2, -0.15) is 13.2 Å². The maximum absolute atomic E-state index is 12.9. The van der Waals surface area contributed by atoms with Gasteiger partial charge in [0.1, 0.15) is 10.6 Å².